The highest BCUT2D eigenvalue weighted by Crippen LogP contribution is 2.29. The third-order valence-corrected chi connectivity index (χ3v) is 6.49. The quantitative estimate of drug-likeness (QED) is 0.476. The summed E-state index contributed by atoms with van der Waals surface area (Å²) >= 11 is 0. The van der Waals surface area contributed by atoms with Crippen molar-refractivity contribution in [1.82, 2.24) is 9.80 Å². The summed E-state index contributed by atoms with van der Waals surface area (Å²) in [4.78, 5) is 42.5. The lowest BCUT2D eigenvalue weighted by atomic mass is 10.1. The van der Waals surface area contributed by atoms with Gasteiger partial charge in [0.25, 0.3) is 11.6 Å². The van der Waals surface area contributed by atoms with Gasteiger partial charge in [0.2, 0.25) is 5.91 Å². The second kappa shape index (κ2) is 10.5. The number of piperazine rings is 1. The van der Waals surface area contributed by atoms with Crippen LogP contribution >= 0.6 is 0 Å². The Balaban J connectivity index is 1.35. The predicted octanol–water partition coefficient (Wildman–Crippen LogP) is 3.50. The van der Waals surface area contributed by atoms with E-state index in [0.717, 1.165) is 44.5 Å². The summed E-state index contributed by atoms with van der Waals surface area (Å²) in [5.41, 5.74) is 2.30. The summed E-state index contributed by atoms with van der Waals surface area (Å²) in [5, 5.41) is 11.3. The summed E-state index contributed by atoms with van der Waals surface area (Å²) in [5.74, 6) is -0.0806. The Kier molecular flexibility index (Phi) is 7.22. The number of carbonyl (C=O) groups excluding carboxylic acids is 2. The molecule has 8 heteroatoms. The van der Waals surface area contributed by atoms with E-state index in [0.29, 0.717) is 38.2 Å². The Morgan fingerprint density at radius 2 is 1.55 bits per heavy atom. The second-order valence-corrected chi connectivity index (χ2v) is 8.66. The number of non-ortho nitro benzene ring substituents is 1. The molecule has 2 heterocycles. The number of nitro benzene ring substituents is 1. The van der Waals surface area contributed by atoms with E-state index in [-0.39, 0.29) is 17.5 Å². The highest BCUT2D eigenvalue weighted by Gasteiger charge is 2.29. The average Bonchev–Trinajstić information content (AvgIpc) is 3.39. The zero-order valence-corrected chi connectivity index (χ0v) is 18.8. The van der Waals surface area contributed by atoms with Gasteiger partial charge >= 0.3 is 0 Å². The molecule has 33 heavy (non-hydrogen) atoms. The fraction of sp³-hybridized carbons (Fsp3) is 0.440. The van der Waals surface area contributed by atoms with Crippen LogP contribution in [0.15, 0.2) is 48.5 Å². The molecule has 0 unspecified atom stereocenters. The van der Waals surface area contributed by atoms with Gasteiger partial charge in [-0.25, -0.2) is 0 Å². The molecule has 0 aromatic heterocycles. The van der Waals surface area contributed by atoms with Crippen LogP contribution in [0.5, 0.6) is 0 Å². The first-order chi connectivity index (χ1) is 16.0. The summed E-state index contributed by atoms with van der Waals surface area (Å²) in [7, 11) is 0. The standard InChI is InChI=1S/C25H30N4O4/c30-24(10-6-9-20-7-2-1-3-8-20)27-15-17-28(18-16-27)25(31)22-19-21(29(32)33)11-12-23(22)26-13-4-5-14-26/h1-3,7-8,11-12,19H,4-6,9-10,13-18H2. The van der Waals surface area contributed by atoms with Crippen molar-refractivity contribution in [2.24, 2.45) is 0 Å². The zero-order chi connectivity index (χ0) is 23.2. The lowest BCUT2D eigenvalue weighted by Crippen LogP contribution is -2.50. The van der Waals surface area contributed by atoms with Gasteiger partial charge in [-0.1, -0.05) is 30.3 Å². The van der Waals surface area contributed by atoms with Crippen LogP contribution in [-0.4, -0.2) is 65.8 Å². The van der Waals surface area contributed by atoms with E-state index in [2.05, 4.69) is 17.0 Å². The third kappa shape index (κ3) is 5.50. The molecule has 2 saturated heterocycles. The first-order valence-corrected chi connectivity index (χ1v) is 11.7. The Hall–Kier alpha value is -3.42. The van der Waals surface area contributed by atoms with Gasteiger partial charge in [-0.15, -0.1) is 0 Å². The minimum Gasteiger partial charge on any atom is -0.371 e. The van der Waals surface area contributed by atoms with Gasteiger partial charge in [-0.2, -0.15) is 0 Å². The molecule has 8 nitrogen and oxygen atoms in total. The lowest BCUT2D eigenvalue weighted by molar-refractivity contribution is -0.384. The molecule has 0 N–H and O–H groups in total. The molecule has 2 fully saturated rings. The van der Waals surface area contributed by atoms with Gasteiger partial charge < -0.3 is 14.7 Å². The number of hydrogen-bond acceptors (Lipinski definition) is 5. The third-order valence-electron chi connectivity index (χ3n) is 6.49. The Bertz CT molecular complexity index is 997. The first-order valence-electron chi connectivity index (χ1n) is 11.7. The van der Waals surface area contributed by atoms with Crippen molar-refractivity contribution in [2.45, 2.75) is 32.1 Å². The highest BCUT2D eigenvalue weighted by atomic mass is 16.6. The van der Waals surface area contributed by atoms with E-state index in [1.165, 1.54) is 17.7 Å². The molecule has 4 rings (SSSR count). The minimum absolute atomic E-state index is 0.0754. The fourth-order valence-electron chi connectivity index (χ4n) is 4.62. The molecular weight excluding hydrogens is 420 g/mol. The van der Waals surface area contributed by atoms with Crippen molar-refractivity contribution in [2.75, 3.05) is 44.2 Å². The van der Waals surface area contributed by atoms with E-state index >= 15 is 0 Å². The highest BCUT2D eigenvalue weighted by molar-refractivity contribution is 6.00. The number of amides is 2. The zero-order valence-electron chi connectivity index (χ0n) is 18.8. The molecule has 2 amide bonds. The Morgan fingerprint density at radius 1 is 0.879 bits per heavy atom. The van der Waals surface area contributed by atoms with Crippen LogP contribution in [0.2, 0.25) is 0 Å². The van der Waals surface area contributed by atoms with Gasteiger partial charge in [0.05, 0.1) is 16.2 Å². The molecule has 0 saturated carbocycles. The van der Waals surface area contributed by atoms with Crippen molar-refractivity contribution in [3.63, 3.8) is 0 Å². The normalized spacial score (nSPS) is 16.2. The molecule has 0 atom stereocenters. The van der Waals surface area contributed by atoms with Crippen molar-refractivity contribution >= 4 is 23.2 Å². The van der Waals surface area contributed by atoms with Crippen LogP contribution in [0, 0.1) is 10.1 Å². The van der Waals surface area contributed by atoms with Gasteiger partial charge in [0.15, 0.2) is 0 Å². The Morgan fingerprint density at radius 3 is 2.21 bits per heavy atom. The van der Waals surface area contributed by atoms with Crippen molar-refractivity contribution in [1.29, 1.82) is 0 Å². The summed E-state index contributed by atoms with van der Waals surface area (Å²) in [6.07, 6.45) is 4.27. The monoisotopic (exact) mass is 450 g/mol. The number of aryl methyl sites for hydroxylation is 1. The molecule has 0 bridgehead atoms. The Labute approximate surface area is 193 Å². The maximum Gasteiger partial charge on any atom is 0.270 e. The predicted molar refractivity (Wildman–Crippen MR) is 126 cm³/mol. The van der Waals surface area contributed by atoms with Gasteiger partial charge in [0.1, 0.15) is 0 Å². The van der Waals surface area contributed by atoms with E-state index in [1.807, 2.05) is 23.1 Å². The number of benzene rings is 2. The topological polar surface area (TPSA) is 87.0 Å². The van der Waals surface area contributed by atoms with Crippen LogP contribution in [0.25, 0.3) is 0 Å². The number of nitrogens with zero attached hydrogens (tertiary/aromatic N) is 4. The lowest BCUT2D eigenvalue weighted by Gasteiger charge is -2.35. The van der Waals surface area contributed by atoms with E-state index in [4.69, 9.17) is 0 Å². The van der Waals surface area contributed by atoms with Crippen LogP contribution in [0.4, 0.5) is 11.4 Å². The van der Waals surface area contributed by atoms with Crippen LogP contribution < -0.4 is 4.90 Å². The van der Waals surface area contributed by atoms with E-state index < -0.39 is 4.92 Å². The number of anilines is 1. The molecule has 0 spiro atoms. The van der Waals surface area contributed by atoms with Crippen molar-refractivity contribution in [3.05, 3.63) is 69.8 Å². The number of hydrogen-bond donors (Lipinski definition) is 0. The van der Waals surface area contributed by atoms with Gasteiger partial charge in [0, 0.05) is 57.8 Å². The summed E-state index contributed by atoms with van der Waals surface area (Å²) < 4.78 is 0. The average molecular weight is 451 g/mol. The minimum atomic E-state index is -0.462. The molecule has 0 radical (unpaired) electrons. The second-order valence-electron chi connectivity index (χ2n) is 8.66. The largest absolute Gasteiger partial charge is 0.371 e. The molecule has 2 aromatic rings. The summed E-state index contributed by atoms with van der Waals surface area (Å²) in [6, 6.07) is 14.7. The van der Waals surface area contributed by atoms with E-state index in [1.54, 1.807) is 11.0 Å². The number of nitro groups is 1. The summed E-state index contributed by atoms with van der Waals surface area (Å²) in [6.45, 7) is 3.55. The molecule has 2 aromatic carbocycles. The van der Waals surface area contributed by atoms with Crippen LogP contribution in [0.3, 0.4) is 0 Å². The maximum absolute atomic E-state index is 13.3. The van der Waals surface area contributed by atoms with Crippen LogP contribution in [-0.2, 0) is 11.2 Å². The molecule has 174 valence electrons. The van der Waals surface area contributed by atoms with Crippen molar-refractivity contribution in [3.8, 4) is 0 Å². The smallest absolute Gasteiger partial charge is 0.270 e. The number of rotatable bonds is 7. The molecular formula is C25H30N4O4. The van der Waals surface area contributed by atoms with Crippen LogP contribution in [0.1, 0.15) is 41.6 Å². The van der Waals surface area contributed by atoms with Crippen molar-refractivity contribution < 1.29 is 14.5 Å². The van der Waals surface area contributed by atoms with Gasteiger partial charge in [-0.05, 0) is 37.3 Å². The first kappa shape index (κ1) is 22.8. The SMILES string of the molecule is O=C(CCCc1ccccc1)N1CCN(C(=O)c2cc([N+](=O)[O-])ccc2N2CCCC2)CC1. The van der Waals surface area contributed by atoms with Gasteiger partial charge in [-0.3, -0.25) is 19.7 Å². The maximum atomic E-state index is 13.3. The van der Waals surface area contributed by atoms with E-state index in [9.17, 15) is 19.7 Å². The molecule has 0 aliphatic carbocycles. The fourth-order valence-corrected chi connectivity index (χ4v) is 4.62. The molecule has 2 aliphatic rings. The molecule has 2 aliphatic heterocycles. The number of carbonyl (C=O) groups is 2.